The number of allylic oxidation sites excluding steroid dienone is 6. The summed E-state index contributed by atoms with van der Waals surface area (Å²) in [5, 5.41) is 0. The molecule has 0 heterocycles. The third-order valence-corrected chi connectivity index (χ3v) is 4.27. The molecule has 1 aromatic carbocycles. The van der Waals surface area contributed by atoms with E-state index in [1.807, 2.05) is 0 Å². The lowest BCUT2D eigenvalue weighted by molar-refractivity contribution is 0.730. The molecule has 0 nitrogen and oxygen atoms in total. The van der Waals surface area contributed by atoms with Crippen molar-refractivity contribution in [1.29, 1.82) is 0 Å². The summed E-state index contributed by atoms with van der Waals surface area (Å²) in [6.45, 7) is 0. The molecule has 17 heavy (non-hydrogen) atoms. The van der Waals surface area contributed by atoms with Gasteiger partial charge < -0.3 is 0 Å². The van der Waals surface area contributed by atoms with Crippen molar-refractivity contribution in [1.82, 2.24) is 0 Å². The highest BCUT2D eigenvalue weighted by atomic mass is 14.3. The molecule has 1 aromatic rings. The van der Waals surface area contributed by atoms with Crippen LogP contribution in [0.25, 0.3) is 11.1 Å². The van der Waals surface area contributed by atoms with Crippen molar-refractivity contribution in [3.05, 3.63) is 58.7 Å². The molecule has 0 saturated heterocycles. The van der Waals surface area contributed by atoms with Crippen LogP contribution in [-0.4, -0.2) is 0 Å². The molecule has 0 atom stereocenters. The maximum atomic E-state index is 2.34. The Hall–Kier alpha value is -1.56. The molecule has 0 N–H and O–H groups in total. The molecule has 0 fully saturated rings. The van der Waals surface area contributed by atoms with Crippen LogP contribution < -0.4 is 0 Å². The Balaban J connectivity index is 2.05. The zero-order valence-corrected chi connectivity index (χ0v) is 10.00. The molecule has 0 spiro atoms. The predicted octanol–water partition coefficient (Wildman–Crippen LogP) is 4.52. The van der Waals surface area contributed by atoms with E-state index in [-0.39, 0.29) is 0 Å². The van der Waals surface area contributed by atoms with Crippen molar-refractivity contribution < 1.29 is 0 Å². The summed E-state index contributed by atoms with van der Waals surface area (Å²) in [7, 11) is 0. The van der Waals surface area contributed by atoms with Gasteiger partial charge in [-0.3, -0.25) is 0 Å². The smallest absolute Gasteiger partial charge is 0.00704 e. The molecule has 0 amide bonds. The quantitative estimate of drug-likeness (QED) is 0.603. The highest BCUT2D eigenvalue weighted by Gasteiger charge is 2.29. The fourth-order valence-corrected chi connectivity index (χ4v) is 3.53. The van der Waals surface area contributed by atoms with Crippen molar-refractivity contribution in [3.8, 4) is 0 Å². The normalized spacial score (nSPS) is 20.8. The van der Waals surface area contributed by atoms with E-state index < -0.39 is 0 Å². The van der Waals surface area contributed by atoms with Gasteiger partial charge in [0.25, 0.3) is 0 Å². The number of fused-ring (bicyclic) bond motifs is 2. The van der Waals surface area contributed by atoms with Gasteiger partial charge in [-0.25, -0.2) is 0 Å². The highest BCUT2D eigenvalue weighted by molar-refractivity contribution is 6.02. The predicted molar refractivity (Wildman–Crippen MR) is 72.7 cm³/mol. The fourth-order valence-electron chi connectivity index (χ4n) is 3.53. The zero-order valence-electron chi connectivity index (χ0n) is 10.00. The third-order valence-electron chi connectivity index (χ3n) is 4.27. The number of rotatable bonds is 0. The number of benzene rings is 1. The minimum atomic E-state index is 1.09. The topological polar surface area (TPSA) is 0 Å². The van der Waals surface area contributed by atoms with E-state index >= 15 is 0 Å². The molecule has 3 aliphatic rings. The summed E-state index contributed by atoms with van der Waals surface area (Å²) in [4.78, 5) is 0. The van der Waals surface area contributed by atoms with Crippen LogP contribution in [0, 0.1) is 0 Å². The Morgan fingerprint density at radius 2 is 1.82 bits per heavy atom. The number of hydrogen-bond acceptors (Lipinski definition) is 0. The molecule has 0 heteroatoms. The second-order valence-electron chi connectivity index (χ2n) is 5.22. The minimum absolute atomic E-state index is 1.09. The van der Waals surface area contributed by atoms with Crippen molar-refractivity contribution in [2.24, 2.45) is 0 Å². The molecule has 0 radical (unpaired) electrons. The van der Waals surface area contributed by atoms with Gasteiger partial charge in [0, 0.05) is 0 Å². The fraction of sp³-hybridized carbons (Fsp3) is 0.294. The van der Waals surface area contributed by atoms with Crippen LogP contribution in [0.4, 0.5) is 0 Å². The van der Waals surface area contributed by atoms with Crippen molar-refractivity contribution in [2.75, 3.05) is 0 Å². The van der Waals surface area contributed by atoms with E-state index in [0.29, 0.717) is 0 Å². The van der Waals surface area contributed by atoms with Gasteiger partial charge in [-0.15, -0.1) is 0 Å². The van der Waals surface area contributed by atoms with E-state index in [4.69, 9.17) is 0 Å². The van der Waals surface area contributed by atoms with Gasteiger partial charge in [0.15, 0.2) is 0 Å². The van der Waals surface area contributed by atoms with E-state index in [0.717, 1.165) is 6.42 Å². The Bertz CT molecular complexity index is 582. The Kier molecular flexibility index (Phi) is 1.93. The Morgan fingerprint density at radius 3 is 2.76 bits per heavy atom. The van der Waals surface area contributed by atoms with Gasteiger partial charge >= 0.3 is 0 Å². The lowest BCUT2D eigenvalue weighted by Gasteiger charge is -2.14. The summed E-state index contributed by atoms with van der Waals surface area (Å²) in [5.74, 6) is 0. The third kappa shape index (κ3) is 1.24. The van der Waals surface area contributed by atoms with E-state index in [2.05, 4.69) is 36.4 Å². The Morgan fingerprint density at radius 1 is 0.941 bits per heavy atom. The molecule has 3 aliphatic carbocycles. The zero-order chi connectivity index (χ0) is 11.2. The van der Waals surface area contributed by atoms with Crippen molar-refractivity contribution in [2.45, 2.75) is 32.1 Å². The summed E-state index contributed by atoms with van der Waals surface area (Å²) in [6, 6.07) is 6.85. The highest BCUT2D eigenvalue weighted by Crippen LogP contribution is 2.49. The van der Waals surface area contributed by atoms with Crippen LogP contribution in [0.2, 0.25) is 0 Å². The SMILES string of the molecule is C1=CCc2cccc3c2C(=C1)C1=C3CCCC1. The van der Waals surface area contributed by atoms with Crippen LogP contribution in [-0.2, 0) is 6.42 Å². The van der Waals surface area contributed by atoms with E-state index in [1.165, 1.54) is 42.4 Å². The van der Waals surface area contributed by atoms with Crippen molar-refractivity contribution >= 4 is 11.1 Å². The Labute approximate surface area is 102 Å². The largest absolute Gasteiger partial charge is 0.0801 e. The molecular formula is C17H16. The first-order valence-corrected chi connectivity index (χ1v) is 6.67. The van der Waals surface area contributed by atoms with Gasteiger partial charge in [0.1, 0.15) is 0 Å². The maximum absolute atomic E-state index is 2.34. The van der Waals surface area contributed by atoms with Crippen LogP contribution in [0.5, 0.6) is 0 Å². The number of hydrogen-bond donors (Lipinski definition) is 0. The first-order chi connectivity index (χ1) is 8.45. The van der Waals surface area contributed by atoms with Crippen LogP contribution in [0.15, 0.2) is 42.0 Å². The van der Waals surface area contributed by atoms with E-state index in [1.54, 1.807) is 16.7 Å². The molecule has 0 aromatic heterocycles. The maximum Gasteiger partial charge on any atom is -0.00704 e. The molecule has 4 rings (SSSR count). The minimum Gasteiger partial charge on any atom is -0.0801 e. The van der Waals surface area contributed by atoms with E-state index in [9.17, 15) is 0 Å². The average molecular weight is 220 g/mol. The first kappa shape index (κ1) is 9.47. The summed E-state index contributed by atoms with van der Waals surface area (Å²) < 4.78 is 0. The molecule has 0 unspecified atom stereocenters. The van der Waals surface area contributed by atoms with Gasteiger partial charge in [0.05, 0.1) is 0 Å². The monoisotopic (exact) mass is 220 g/mol. The molecule has 0 bridgehead atoms. The van der Waals surface area contributed by atoms with Gasteiger partial charge in [-0.1, -0.05) is 36.4 Å². The van der Waals surface area contributed by atoms with Gasteiger partial charge in [-0.2, -0.15) is 0 Å². The molecule has 0 aliphatic heterocycles. The molecule has 84 valence electrons. The van der Waals surface area contributed by atoms with Crippen LogP contribution >= 0.6 is 0 Å². The molecular weight excluding hydrogens is 204 g/mol. The standard InChI is InChI=1S/C17H16/c1-2-10-15-13-8-3-4-9-14(13)16-11-5-7-12(6-1)17(15)16/h1-2,5,7,10-11H,3-4,6,8-9H2. The summed E-state index contributed by atoms with van der Waals surface area (Å²) in [5.41, 5.74) is 9.41. The van der Waals surface area contributed by atoms with Gasteiger partial charge in [-0.05, 0) is 65.5 Å². The average Bonchev–Trinajstić information content (AvgIpc) is 2.56. The summed E-state index contributed by atoms with van der Waals surface area (Å²) in [6.07, 6.45) is 13.2. The first-order valence-electron chi connectivity index (χ1n) is 6.67. The lowest BCUT2D eigenvalue weighted by atomic mass is 9.90. The summed E-state index contributed by atoms with van der Waals surface area (Å²) >= 11 is 0. The van der Waals surface area contributed by atoms with Crippen molar-refractivity contribution in [3.63, 3.8) is 0 Å². The second kappa shape index (κ2) is 3.46. The van der Waals surface area contributed by atoms with Crippen LogP contribution in [0.3, 0.4) is 0 Å². The molecule has 0 saturated carbocycles. The second-order valence-corrected chi connectivity index (χ2v) is 5.22. The lowest BCUT2D eigenvalue weighted by Crippen LogP contribution is -1.93. The van der Waals surface area contributed by atoms with Crippen LogP contribution in [0.1, 0.15) is 42.4 Å². The van der Waals surface area contributed by atoms with Gasteiger partial charge in [0.2, 0.25) is 0 Å².